The summed E-state index contributed by atoms with van der Waals surface area (Å²) in [5.74, 6) is 0. The Kier molecular flexibility index (Phi) is 4.58. The Morgan fingerprint density at radius 1 is 1.35 bits per heavy atom. The number of nitrogens with zero attached hydrogens (tertiary/aromatic N) is 3. The van der Waals surface area contributed by atoms with E-state index in [-0.39, 0.29) is 0 Å². The molecule has 0 saturated carbocycles. The van der Waals surface area contributed by atoms with E-state index in [0.29, 0.717) is 12.1 Å². The number of nitrogens with one attached hydrogen (secondary N) is 1. The number of anilines is 1. The summed E-state index contributed by atoms with van der Waals surface area (Å²) in [5, 5.41) is 8.06. The molecule has 2 aliphatic rings. The van der Waals surface area contributed by atoms with Gasteiger partial charge in [0.25, 0.3) is 0 Å². The van der Waals surface area contributed by atoms with Crippen molar-refractivity contribution in [2.24, 2.45) is 0 Å². The van der Waals surface area contributed by atoms with E-state index >= 15 is 0 Å². The van der Waals surface area contributed by atoms with Gasteiger partial charge in [-0.05, 0) is 32.2 Å². The maximum atomic E-state index is 5.65. The van der Waals surface area contributed by atoms with Crippen LogP contribution < -0.4 is 5.32 Å². The fraction of sp³-hybridized carbons (Fsp3) is 0.800. The van der Waals surface area contributed by atoms with Crippen LogP contribution in [-0.4, -0.2) is 53.1 Å². The lowest BCUT2D eigenvalue weighted by atomic mass is 10.1. The lowest BCUT2D eigenvalue weighted by molar-refractivity contribution is 0.0940. The van der Waals surface area contributed by atoms with Gasteiger partial charge in [0.05, 0.1) is 24.5 Å². The molecule has 1 N–H and O–H groups in total. The van der Waals surface area contributed by atoms with Gasteiger partial charge in [-0.25, -0.2) is 0 Å². The molecular formula is C15H26N4O. The van der Waals surface area contributed by atoms with Crippen molar-refractivity contribution in [2.75, 3.05) is 31.6 Å². The topological polar surface area (TPSA) is 42.3 Å². The van der Waals surface area contributed by atoms with E-state index in [1.807, 2.05) is 10.9 Å². The summed E-state index contributed by atoms with van der Waals surface area (Å²) in [7, 11) is 0. The normalized spacial score (nSPS) is 25.1. The minimum Gasteiger partial charge on any atom is -0.380 e. The first-order chi connectivity index (χ1) is 9.83. The van der Waals surface area contributed by atoms with E-state index < -0.39 is 0 Å². The average molecular weight is 278 g/mol. The molecule has 2 aliphatic heterocycles. The molecule has 5 heteroatoms. The molecule has 1 aromatic rings. The van der Waals surface area contributed by atoms with Crippen molar-refractivity contribution < 1.29 is 4.74 Å². The van der Waals surface area contributed by atoms with Gasteiger partial charge in [0.2, 0.25) is 0 Å². The Morgan fingerprint density at radius 3 is 2.90 bits per heavy atom. The van der Waals surface area contributed by atoms with Crippen LogP contribution in [0.1, 0.15) is 32.6 Å². The molecule has 1 aromatic heterocycles. The highest BCUT2D eigenvalue weighted by Gasteiger charge is 2.19. The highest BCUT2D eigenvalue weighted by molar-refractivity contribution is 5.39. The second-order valence-corrected chi connectivity index (χ2v) is 5.94. The van der Waals surface area contributed by atoms with Gasteiger partial charge < -0.3 is 15.0 Å². The zero-order valence-corrected chi connectivity index (χ0v) is 12.4. The van der Waals surface area contributed by atoms with E-state index in [1.54, 1.807) is 0 Å². The summed E-state index contributed by atoms with van der Waals surface area (Å²) >= 11 is 0. The van der Waals surface area contributed by atoms with Crippen LogP contribution in [-0.2, 0) is 11.3 Å². The molecule has 3 heterocycles. The van der Waals surface area contributed by atoms with Gasteiger partial charge in [-0.15, -0.1) is 0 Å². The third kappa shape index (κ3) is 3.52. The Bertz CT molecular complexity index is 406. The van der Waals surface area contributed by atoms with Crippen LogP contribution in [0.4, 0.5) is 5.69 Å². The van der Waals surface area contributed by atoms with E-state index in [9.17, 15) is 0 Å². The Balaban J connectivity index is 1.47. The first-order valence-electron chi connectivity index (χ1n) is 7.96. The van der Waals surface area contributed by atoms with Gasteiger partial charge >= 0.3 is 0 Å². The molecule has 20 heavy (non-hydrogen) atoms. The van der Waals surface area contributed by atoms with Crippen LogP contribution in [0.3, 0.4) is 0 Å². The summed E-state index contributed by atoms with van der Waals surface area (Å²) < 4.78 is 7.67. The standard InChI is InChI=1S/C15H26N4O/c1-2-18-7-5-13(6-8-18)17-14-10-16-19(11-14)12-15-4-3-9-20-15/h10-11,13,15,17H,2-9,12H2,1H3. The lowest BCUT2D eigenvalue weighted by Gasteiger charge is -2.31. The van der Waals surface area contributed by atoms with Crippen LogP contribution >= 0.6 is 0 Å². The second kappa shape index (κ2) is 6.59. The summed E-state index contributed by atoms with van der Waals surface area (Å²) in [6.07, 6.45) is 9.23. The molecular weight excluding hydrogens is 252 g/mol. The van der Waals surface area contributed by atoms with Gasteiger partial charge in [-0.2, -0.15) is 5.10 Å². The summed E-state index contributed by atoms with van der Waals surface area (Å²) in [6, 6.07) is 0.596. The molecule has 0 radical (unpaired) electrons. The van der Waals surface area contributed by atoms with Crippen LogP contribution in [0.5, 0.6) is 0 Å². The third-order valence-electron chi connectivity index (χ3n) is 4.45. The van der Waals surface area contributed by atoms with E-state index in [2.05, 4.69) is 28.4 Å². The number of ether oxygens (including phenoxy) is 1. The zero-order valence-electron chi connectivity index (χ0n) is 12.4. The molecule has 2 fully saturated rings. The SMILES string of the molecule is CCN1CCC(Nc2cnn(CC3CCCO3)c2)CC1. The Hall–Kier alpha value is -1.07. The quantitative estimate of drug-likeness (QED) is 0.894. The van der Waals surface area contributed by atoms with Crippen molar-refractivity contribution in [3.8, 4) is 0 Å². The maximum absolute atomic E-state index is 5.65. The van der Waals surface area contributed by atoms with Crippen molar-refractivity contribution in [1.29, 1.82) is 0 Å². The smallest absolute Gasteiger partial charge is 0.0771 e. The van der Waals surface area contributed by atoms with Gasteiger partial charge in [0.1, 0.15) is 0 Å². The van der Waals surface area contributed by atoms with Gasteiger partial charge in [-0.3, -0.25) is 4.68 Å². The summed E-state index contributed by atoms with van der Waals surface area (Å²) in [4.78, 5) is 2.51. The van der Waals surface area contributed by atoms with Crippen molar-refractivity contribution in [2.45, 2.75) is 51.3 Å². The van der Waals surface area contributed by atoms with E-state index in [0.717, 1.165) is 25.3 Å². The first kappa shape index (κ1) is 13.9. The number of likely N-dealkylation sites (tertiary alicyclic amines) is 1. The fourth-order valence-corrected chi connectivity index (χ4v) is 3.16. The highest BCUT2D eigenvalue weighted by Crippen LogP contribution is 2.18. The number of aromatic nitrogens is 2. The minimum absolute atomic E-state index is 0.357. The largest absolute Gasteiger partial charge is 0.380 e. The molecule has 1 atom stereocenters. The molecule has 2 saturated heterocycles. The maximum Gasteiger partial charge on any atom is 0.0771 e. The Morgan fingerprint density at radius 2 is 2.20 bits per heavy atom. The summed E-state index contributed by atoms with van der Waals surface area (Å²) in [6.45, 7) is 7.62. The zero-order chi connectivity index (χ0) is 13.8. The number of rotatable bonds is 5. The number of hydrogen-bond donors (Lipinski definition) is 1. The van der Waals surface area contributed by atoms with Crippen LogP contribution in [0, 0.1) is 0 Å². The van der Waals surface area contributed by atoms with Gasteiger partial charge in [0.15, 0.2) is 0 Å². The van der Waals surface area contributed by atoms with Gasteiger partial charge in [0, 0.05) is 31.9 Å². The van der Waals surface area contributed by atoms with Crippen molar-refractivity contribution in [1.82, 2.24) is 14.7 Å². The third-order valence-corrected chi connectivity index (χ3v) is 4.45. The molecule has 3 rings (SSSR count). The molecule has 0 aromatic carbocycles. The first-order valence-corrected chi connectivity index (χ1v) is 7.96. The fourth-order valence-electron chi connectivity index (χ4n) is 3.16. The molecule has 1 unspecified atom stereocenters. The van der Waals surface area contributed by atoms with Crippen molar-refractivity contribution in [3.63, 3.8) is 0 Å². The molecule has 5 nitrogen and oxygen atoms in total. The van der Waals surface area contributed by atoms with Crippen molar-refractivity contribution >= 4 is 5.69 Å². The lowest BCUT2D eigenvalue weighted by Crippen LogP contribution is -2.38. The van der Waals surface area contributed by atoms with E-state index in [4.69, 9.17) is 4.74 Å². The summed E-state index contributed by atoms with van der Waals surface area (Å²) in [5.41, 5.74) is 1.15. The molecule has 0 aliphatic carbocycles. The number of hydrogen-bond acceptors (Lipinski definition) is 4. The minimum atomic E-state index is 0.357. The van der Waals surface area contributed by atoms with Crippen molar-refractivity contribution in [3.05, 3.63) is 12.4 Å². The number of piperidine rings is 1. The van der Waals surface area contributed by atoms with Gasteiger partial charge in [-0.1, -0.05) is 6.92 Å². The van der Waals surface area contributed by atoms with E-state index in [1.165, 1.54) is 38.9 Å². The van der Waals surface area contributed by atoms with Crippen LogP contribution in [0.2, 0.25) is 0 Å². The molecule has 0 bridgehead atoms. The second-order valence-electron chi connectivity index (χ2n) is 5.94. The average Bonchev–Trinajstić information content (AvgIpc) is 3.12. The predicted molar refractivity (Wildman–Crippen MR) is 80.0 cm³/mol. The molecule has 0 spiro atoms. The molecule has 112 valence electrons. The predicted octanol–water partition coefficient (Wildman–Crippen LogP) is 1.96. The van der Waals surface area contributed by atoms with Crippen LogP contribution in [0.15, 0.2) is 12.4 Å². The Labute approximate surface area is 121 Å². The molecule has 0 amide bonds. The monoisotopic (exact) mass is 278 g/mol. The highest BCUT2D eigenvalue weighted by atomic mass is 16.5. The van der Waals surface area contributed by atoms with Crippen LogP contribution in [0.25, 0.3) is 0 Å².